The van der Waals surface area contributed by atoms with Gasteiger partial charge in [0.1, 0.15) is 12.3 Å². The van der Waals surface area contributed by atoms with Gasteiger partial charge in [0.2, 0.25) is 5.91 Å². The maximum atomic E-state index is 11.8. The van der Waals surface area contributed by atoms with E-state index >= 15 is 0 Å². The fourth-order valence-electron chi connectivity index (χ4n) is 2.37. The summed E-state index contributed by atoms with van der Waals surface area (Å²) in [5.41, 5.74) is 1.09. The minimum atomic E-state index is -0.0416. The fourth-order valence-corrected chi connectivity index (χ4v) is 3.08. The monoisotopic (exact) mass is 418 g/mol. The Morgan fingerprint density at radius 3 is 2.55 bits per heavy atom. The van der Waals surface area contributed by atoms with Crippen LogP contribution in [0.4, 0.5) is 0 Å². The van der Waals surface area contributed by atoms with Gasteiger partial charge >= 0.3 is 0 Å². The molecule has 0 aliphatic heterocycles. The summed E-state index contributed by atoms with van der Waals surface area (Å²) in [6.07, 6.45) is 0.911. The summed E-state index contributed by atoms with van der Waals surface area (Å²) in [4.78, 5) is 19.0. The van der Waals surface area contributed by atoms with Crippen LogP contribution < -0.4 is 15.4 Å². The molecule has 0 fully saturated rings. The number of methoxy groups -OCH3 is 1. The van der Waals surface area contributed by atoms with Gasteiger partial charge in [-0.1, -0.05) is 18.2 Å². The van der Waals surface area contributed by atoms with Crippen LogP contribution in [0, 0.1) is 0 Å². The first-order chi connectivity index (χ1) is 14.1. The van der Waals surface area contributed by atoms with Crippen molar-refractivity contribution in [3.05, 3.63) is 52.2 Å². The molecule has 2 aromatic rings. The second-order valence-electron chi connectivity index (χ2n) is 6.54. The molecule has 0 spiro atoms. The summed E-state index contributed by atoms with van der Waals surface area (Å²) in [5.74, 6) is 1.40. The molecule has 0 aliphatic rings. The van der Waals surface area contributed by atoms with Crippen molar-refractivity contribution in [2.24, 2.45) is 4.99 Å². The predicted molar refractivity (Wildman–Crippen MR) is 118 cm³/mol. The largest absolute Gasteiger partial charge is 0.497 e. The lowest BCUT2D eigenvalue weighted by atomic mass is 10.2. The van der Waals surface area contributed by atoms with Crippen LogP contribution in [-0.2, 0) is 22.6 Å². The van der Waals surface area contributed by atoms with Crippen molar-refractivity contribution in [3.63, 3.8) is 0 Å². The van der Waals surface area contributed by atoms with E-state index in [0.29, 0.717) is 25.7 Å². The molecule has 7 nitrogen and oxygen atoms in total. The second-order valence-corrected chi connectivity index (χ2v) is 7.57. The predicted octanol–water partition coefficient (Wildman–Crippen LogP) is 2.14. The molecule has 0 radical (unpaired) electrons. The van der Waals surface area contributed by atoms with Crippen LogP contribution in [0.5, 0.6) is 5.75 Å². The summed E-state index contributed by atoms with van der Waals surface area (Å²) in [6.45, 7) is 2.50. The number of hydrogen-bond acceptors (Lipinski definition) is 5. The molecule has 1 heterocycles. The number of amides is 1. The number of nitrogens with zero attached hydrogens (tertiary/aromatic N) is 2. The molecule has 1 amide bonds. The molecular weight excluding hydrogens is 388 g/mol. The van der Waals surface area contributed by atoms with Gasteiger partial charge in [-0.3, -0.25) is 4.79 Å². The van der Waals surface area contributed by atoms with Gasteiger partial charge in [-0.15, -0.1) is 11.3 Å². The van der Waals surface area contributed by atoms with E-state index in [1.807, 2.05) is 30.3 Å². The molecule has 8 heteroatoms. The first-order valence-electron chi connectivity index (χ1n) is 9.54. The number of carbonyl (C=O) groups excluding carboxylic acids is 1. The number of aliphatic imine (C=N–C) groups is 1. The third kappa shape index (κ3) is 8.97. The normalized spacial score (nSPS) is 11.2. The van der Waals surface area contributed by atoms with E-state index in [0.717, 1.165) is 24.3 Å². The Morgan fingerprint density at radius 1 is 1.14 bits per heavy atom. The van der Waals surface area contributed by atoms with Crippen LogP contribution in [-0.4, -0.2) is 64.2 Å². The van der Waals surface area contributed by atoms with Crippen molar-refractivity contribution < 1.29 is 14.3 Å². The molecule has 0 aliphatic carbocycles. The third-order valence-electron chi connectivity index (χ3n) is 4.08. The number of ether oxygens (including phenoxy) is 2. The highest BCUT2D eigenvalue weighted by molar-refractivity contribution is 7.09. The molecule has 0 saturated carbocycles. The minimum absolute atomic E-state index is 0.0416. The van der Waals surface area contributed by atoms with E-state index in [2.05, 4.69) is 27.1 Å². The number of rotatable bonds is 11. The highest BCUT2D eigenvalue weighted by atomic mass is 32.1. The van der Waals surface area contributed by atoms with Gasteiger partial charge < -0.3 is 25.0 Å². The average molecular weight is 419 g/mol. The first kappa shape index (κ1) is 22.7. The highest BCUT2D eigenvalue weighted by Crippen LogP contribution is 2.11. The molecule has 0 bridgehead atoms. The molecule has 29 heavy (non-hydrogen) atoms. The molecular formula is C21H30N4O3S. The van der Waals surface area contributed by atoms with E-state index in [1.165, 1.54) is 9.78 Å². The van der Waals surface area contributed by atoms with Gasteiger partial charge in [0.05, 0.1) is 20.3 Å². The lowest BCUT2D eigenvalue weighted by molar-refractivity contribution is -0.127. The quantitative estimate of drug-likeness (QED) is 0.332. The Kier molecular flexibility index (Phi) is 10.0. The molecule has 2 rings (SSSR count). The SMILES string of the molecule is COc1ccc(COCCNC(=NCC(=O)N(C)C)NCCc2cccs2)cc1. The summed E-state index contributed by atoms with van der Waals surface area (Å²) in [6, 6.07) is 12.0. The van der Waals surface area contributed by atoms with E-state index < -0.39 is 0 Å². The maximum Gasteiger partial charge on any atom is 0.243 e. The number of nitrogens with one attached hydrogen (secondary N) is 2. The summed E-state index contributed by atoms with van der Waals surface area (Å²) >= 11 is 1.73. The molecule has 0 saturated heterocycles. The maximum absolute atomic E-state index is 11.8. The third-order valence-corrected chi connectivity index (χ3v) is 5.02. The van der Waals surface area contributed by atoms with Crippen LogP contribution in [0.1, 0.15) is 10.4 Å². The van der Waals surface area contributed by atoms with Crippen molar-refractivity contribution in [3.8, 4) is 5.75 Å². The molecule has 1 aromatic heterocycles. The van der Waals surface area contributed by atoms with E-state index in [1.54, 1.807) is 32.5 Å². The van der Waals surface area contributed by atoms with Crippen molar-refractivity contribution in [2.75, 3.05) is 47.4 Å². The molecule has 0 unspecified atom stereocenters. The number of thiophene rings is 1. The Hall–Kier alpha value is -2.58. The van der Waals surface area contributed by atoms with Gasteiger partial charge in [0.15, 0.2) is 5.96 Å². The van der Waals surface area contributed by atoms with E-state index in [-0.39, 0.29) is 12.5 Å². The zero-order chi connectivity index (χ0) is 20.9. The van der Waals surface area contributed by atoms with E-state index in [9.17, 15) is 4.79 Å². The number of hydrogen-bond donors (Lipinski definition) is 2. The molecule has 1 aromatic carbocycles. The Bertz CT molecular complexity index is 746. The second kappa shape index (κ2) is 12.8. The van der Waals surface area contributed by atoms with Crippen LogP contribution in [0.25, 0.3) is 0 Å². The van der Waals surface area contributed by atoms with Crippen LogP contribution >= 0.6 is 11.3 Å². The van der Waals surface area contributed by atoms with Crippen molar-refractivity contribution in [1.29, 1.82) is 0 Å². The van der Waals surface area contributed by atoms with Crippen LogP contribution in [0.3, 0.4) is 0 Å². The standard InChI is InChI=1S/C21H30N4O3S/c1-25(2)20(26)15-24-21(22-11-10-19-5-4-14-29-19)23-12-13-28-16-17-6-8-18(27-3)9-7-17/h4-9,14H,10-13,15-16H2,1-3H3,(H2,22,23,24). The van der Waals surface area contributed by atoms with Crippen molar-refractivity contribution in [1.82, 2.24) is 15.5 Å². The number of carbonyl (C=O) groups is 1. The summed E-state index contributed by atoms with van der Waals surface area (Å²) < 4.78 is 10.9. The van der Waals surface area contributed by atoms with Crippen molar-refractivity contribution >= 4 is 23.2 Å². The van der Waals surface area contributed by atoms with Gasteiger partial charge in [0, 0.05) is 32.1 Å². The van der Waals surface area contributed by atoms with Crippen LogP contribution in [0.2, 0.25) is 0 Å². The summed E-state index contributed by atoms with van der Waals surface area (Å²) in [7, 11) is 5.10. The van der Waals surface area contributed by atoms with Gasteiger partial charge in [-0.25, -0.2) is 4.99 Å². The topological polar surface area (TPSA) is 75.2 Å². The van der Waals surface area contributed by atoms with Gasteiger partial charge in [-0.2, -0.15) is 0 Å². The highest BCUT2D eigenvalue weighted by Gasteiger charge is 2.05. The first-order valence-corrected chi connectivity index (χ1v) is 10.4. The zero-order valence-corrected chi connectivity index (χ0v) is 18.1. The number of guanidine groups is 1. The number of likely N-dealkylation sites (N-methyl/N-ethyl adjacent to an activating group) is 1. The van der Waals surface area contributed by atoms with Gasteiger partial charge in [0.25, 0.3) is 0 Å². The fraction of sp³-hybridized carbons (Fsp3) is 0.429. The van der Waals surface area contributed by atoms with Crippen molar-refractivity contribution in [2.45, 2.75) is 13.0 Å². The molecule has 2 N–H and O–H groups in total. The number of benzene rings is 1. The van der Waals surface area contributed by atoms with Gasteiger partial charge in [-0.05, 0) is 35.6 Å². The minimum Gasteiger partial charge on any atom is -0.497 e. The average Bonchev–Trinajstić information content (AvgIpc) is 3.24. The molecule has 158 valence electrons. The lowest BCUT2D eigenvalue weighted by Gasteiger charge is -2.14. The summed E-state index contributed by atoms with van der Waals surface area (Å²) in [5, 5.41) is 8.57. The zero-order valence-electron chi connectivity index (χ0n) is 17.3. The smallest absolute Gasteiger partial charge is 0.243 e. The Labute approximate surface area is 176 Å². The lowest BCUT2D eigenvalue weighted by Crippen LogP contribution is -2.40. The van der Waals surface area contributed by atoms with Crippen LogP contribution in [0.15, 0.2) is 46.8 Å². The van der Waals surface area contributed by atoms with E-state index in [4.69, 9.17) is 9.47 Å². The molecule has 0 atom stereocenters. The Morgan fingerprint density at radius 2 is 1.90 bits per heavy atom. The Balaban J connectivity index is 1.74.